The van der Waals surface area contributed by atoms with Gasteiger partial charge in [-0.25, -0.2) is 4.39 Å². The predicted molar refractivity (Wildman–Crippen MR) is 97.2 cm³/mol. The Morgan fingerprint density at radius 2 is 2.00 bits per heavy atom. The fourth-order valence-electron chi connectivity index (χ4n) is 2.96. The average Bonchev–Trinajstić information content (AvgIpc) is 3.14. The van der Waals surface area contributed by atoms with E-state index in [1.807, 2.05) is 0 Å². The molecule has 1 aromatic heterocycles. The molecule has 1 N–H and O–H groups in total. The molecule has 0 atom stereocenters. The first-order valence-corrected chi connectivity index (χ1v) is 9.47. The number of nitrogens with zero attached hydrogens (tertiary/aromatic N) is 1. The lowest BCUT2D eigenvalue weighted by molar-refractivity contribution is -0.123. The number of nitrogens with one attached hydrogen (secondary N) is 1. The molecule has 1 fully saturated rings. The van der Waals surface area contributed by atoms with Gasteiger partial charge < -0.3 is 10.1 Å². The number of carbonyl (C=O) groups excluding carboxylic acids is 1. The zero-order valence-electron chi connectivity index (χ0n) is 14.1. The monoisotopic (exact) mass is 362 g/mol. The minimum atomic E-state index is -0.317. The average molecular weight is 362 g/mol. The molecule has 0 saturated carbocycles. The number of hydrogen-bond donors (Lipinski definition) is 1. The van der Waals surface area contributed by atoms with Crippen LogP contribution in [0.3, 0.4) is 0 Å². The molecule has 25 heavy (non-hydrogen) atoms. The van der Waals surface area contributed by atoms with Gasteiger partial charge in [0.15, 0.2) is 6.61 Å². The van der Waals surface area contributed by atoms with Crippen LogP contribution in [0, 0.1) is 11.7 Å². The van der Waals surface area contributed by atoms with Crippen LogP contribution in [0.4, 0.5) is 4.39 Å². The molecular formula is C19H23FN2O2S. The third-order valence-electron chi connectivity index (χ3n) is 4.44. The maximum Gasteiger partial charge on any atom is 0.257 e. The standard InChI is InChI=1S/C19H23FN2O2S/c20-16-3-5-17(6-4-16)24-14-19(23)21-12-15-7-9-22(10-8-15)13-18-2-1-11-25-18/h1-6,11,15H,7-10,12-14H2,(H,21,23). The van der Waals surface area contributed by atoms with Gasteiger partial charge in [-0.1, -0.05) is 6.07 Å². The van der Waals surface area contributed by atoms with Gasteiger partial charge >= 0.3 is 0 Å². The molecule has 1 amide bonds. The summed E-state index contributed by atoms with van der Waals surface area (Å²) in [6.45, 7) is 3.83. The van der Waals surface area contributed by atoms with E-state index in [0.717, 1.165) is 32.5 Å². The van der Waals surface area contributed by atoms with Crippen molar-refractivity contribution in [2.75, 3.05) is 26.2 Å². The fraction of sp³-hybridized carbons (Fsp3) is 0.421. The third kappa shape index (κ3) is 5.83. The molecule has 3 rings (SSSR count). The van der Waals surface area contributed by atoms with Crippen molar-refractivity contribution in [1.82, 2.24) is 10.2 Å². The number of hydrogen-bond acceptors (Lipinski definition) is 4. The second-order valence-electron chi connectivity index (χ2n) is 6.35. The van der Waals surface area contributed by atoms with Gasteiger partial charge in [-0.15, -0.1) is 11.3 Å². The van der Waals surface area contributed by atoms with Crippen molar-refractivity contribution in [3.05, 3.63) is 52.5 Å². The highest BCUT2D eigenvalue weighted by atomic mass is 32.1. The van der Waals surface area contributed by atoms with Crippen LogP contribution >= 0.6 is 11.3 Å². The van der Waals surface area contributed by atoms with E-state index in [1.54, 1.807) is 11.3 Å². The van der Waals surface area contributed by atoms with Crippen molar-refractivity contribution in [2.45, 2.75) is 19.4 Å². The summed E-state index contributed by atoms with van der Waals surface area (Å²) in [5.41, 5.74) is 0. The first kappa shape index (κ1) is 17.9. The van der Waals surface area contributed by atoms with E-state index >= 15 is 0 Å². The number of thiophene rings is 1. The SMILES string of the molecule is O=C(COc1ccc(F)cc1)NCC1CCN(Cc2cccs2)CC1. The summed E-state index contributed by atoms with van der Waals surface area (Å²) in [6, 6.07) is 9.95. The van der Waals surface area contributed by atoms with Crippen LogP contribution in [0.5, 0.6) is 5.75 Å². The summed E-state index contributed by atoms with van der Waals surface area (Å²) in [7, 11) is 0. The van der Waals surface area contributed by atoms with Crippen LogP contribution in [0.2, 0.25) is 0 Å². The molecule has 0 spiro atoms. The minimum Gasteiger partial charge on any atom is -0.484 e. The number of piperidine rings is 1. The highest BCUT2D eigenvalue weighted by Crippen LogP contribution is 2.20. The van der Waals surface area contributed by atoms with Crippen LogP contribution in [-0.2, 0) is 11.3 Å². The number of rotatable bonds is 7. The van der Waals surface area contributed by atoms with Crippen molar-refractivity contribution in [3.63, 3.8) is 0 Å². The lowest BCUT2D eigenvalue weighted by Crippen LogP contribution is -2.39. The Morgan fingerprint density at radius 3 is 2.68 bits per heavy atom. The van der Waals surface area contributed by atoms with Crippen LogP contribution < -0.4 is 10.1 Å². The van der Waals surface area contributed by atoms with Gasteiger partial charge in [-0.3, -0.25) is 9.69 Å². The molecule has 1 aliphatic rings. The van der Waals surface area contributed by atoms with E-state index in [4.69, 9.17) is 4.74 Å². The van der Waals surface area contributed by atoms with Crippen LogP contribution in [0.15, 0.2) is 41.8 Å². The quantitative estimate of drug-likeness (QED) is 0.822. The zero-order chi connectivity index (χ0) is 17.5. The second kappa shape index (κ2) is 8.97. The van der Waals surface area contributed by atoms with E-state index in [1.165, 1.54) is 29.1 Å². The van der Waals surface area contributed by atoms with E-state index in [2.05, 4.69) is 27.7 Å². The number of benzene rings is 1. The Labute approximate surface area is 151 Å². The molecule has 0 aliphatic carbocycles. The smallest absolute Gasteiger partial charge is 0.257 e. The number of ether oxygens (including phenoxy) is 1. The highest BCUT2D eigenvalue weighted by molar-refractivity contribution is 7.09. The molecule has 0 unspecified atom stereocenters. The molecule has 134 valence electrons. The third-order valence-corrected chi connectivity index (χ3v) is 5.30. The fourth-order valence-corrected chi connectivity index (χ4v) is 3.71. The van der Waals surface area contributed by atoms with E-state index < -0.39 is 0 Å². The zero-order valence-corrected chi connectivity index (χ0v) is 14.9. The van der Waals surface area contributed by atoms with Gasteiger partial charge in [0.1, 0.15) is 11.6 Å². The van der Waals surface area contributed by atoms with Crippen molar-refractivity contribution < 1.29 is 13.9 Å². The summed E-state index contributed by atoms with van der Waals surface area (Å²) < 4.78 is 18.2. The molecular weight excluding hydrogens is 339 g/mol. The molecule has 2 aromatic rings. The lowest BCUT2D eigenvalue weighted by atomic mass is 9.97. The van der Waals surface area contributed by atoms with Crippen LogP contribution in [0.1, 0.15) is 17.7 Å². The van der Waals surface area contributed by atoms with Crippen molar-refractivity contribution >= 4 is 17.2 Å². The first-order valence-electron chi connectivity index (χ1n) is 8.59. The summed E-state index contributed by atoms with van der Waals surface area (Å²) in [5.74, 6) is 0.570. The van der Waals surface area contributed by atoms with Gasteiger partial charge in [0, 0.05) is 18.0 Å². The molecule has 6 heteroatoms. The Morgan fingerprint density at radius 1 is 1.24 bits per heavy atom. The number of carbonyl (C=O) groups is 1. The molecule has 1 saturated heterocycles. The molecule has 0 radical (unpaired) electrons. The van der Waals surface area contributed by atoms with E-state index in [-0.39, 0.29) is 18.3 Å². The number of halogens is 1. The summed E-state index contributed by atoms with van der Waals surface area (Å²) in [4.78, 5) is 15.8. The summed E-state index contributed by atoms with van der Waals surface area (Å²) >= 11 is 1.80. The van der Waals surface area contributed by atoms with Gasteiger partial charge in [-0.2, -0.15) is 0 Å². The van der Waals surface area contributed by atoms with Gasteiger partial charge in [0.25, 0.3) is 5.91 Å². The largest absolute Gasteiger partial charge is 0.484 e. The van der Waals surface area contributed by atoms with Crippen LogP contribution in [0.25, 0.3) is 0 Å². The molecule has 2 heterocycles. The second-order valence-corrected chi connectivity index (χ2v) is 7.38. The van der Waals surface area contributed by atoms with Crippen molar-refractivity contribution in [2.24, 2.45) is 5.92 Å². The lowest BCUT2D eigenvalue weighted by Gasteiger charge is -2.31. The van der Waals surface area contributed by atoms with Crippen LogP contribution in [-0.4, -0.2) is 37.0 Å². The van der Waals surface area contributed by atoms with Gasteiger partial charge in [0.2, 0.25) is 0 Å². The normalized spacial score (nSPS) is 15.9. The summed E-state index contributed by atoms with van der Waals surface area (Å²) in [6.07, 6.45) is 2.20. The maximum atomic E-state index is 12.8. The topological polar surface area (TPSA) is 41.6 Å². The predicted octanol–water partition coefficient (Wildman–Crippen LogP) is 3.29. The van der Waals surface area contributed by atoms with Crippen molar-refractivity contribution in [1.29, 1.82) is 0 Å². The highest BCUT2D eigenvalue weighted by Gasteiger charge is 2.20. The molecule has 0 bridgehead atoms. The molecule has 4 nitrogen and oxygen atoms in total. The summed E-state index contributed by atoms with van der Waals surface area (Å²) in [5, 5.41) is 5.06. The Hall–Kier alpha value is -1.92. The first-order chi connectivity index (χ1) is 12.2. The van der Waals surface area contributed by atoms with E-state index in [0.29, 0.717) is 18.2 Å². The van der Waals surface area contributed by atoms with Gasteiger partial charge in [-0.05, 0) is 67.6 Å². The number of likely N-dealkylation sites (tertiary alicyclic amines) is 1. The van der Waals surface area contributed by atoms with E-state index in [9.17, 15) is 9.18 Å². The van der Waals surface area contributed by atoms with Gasteiger partial charge in [0.05, 0.1) is 0 Å². The number of amides is 1. The molecule has 1 aromatic carbocycles. The van der Waals surface area contributed by atoms with Crippen molar-refractivity contribution in [3.8, 4) is 5.75 Å². The minimum absolute atomic E-state index is 0.0388. The Kier molecular flexibility index (Phi) is 6.42. The molecule has 1 aliphatic heterocycles. The Balaban J connectivity index is 1.31. The maximum absolute atomic E-state index is 12.8. The Bertz CT molecular complexity index is 653.